The molecule has 6 heteroatoms. The molecule has 1 aliphatic rings. The van der Waals surface area contributed by atoms with Crippen molar-refractivity contribution in [2.24, 2.45) is 0 Å². The van der Waals surface area contributed by atoms with Crippen LogP contribution in [0, 0.1) is 0 Å². The number of esters is 1. The zero-order valence-electron chi connectivity index (χ0n) is 15.3. The van der Waals surface area contributed by atoms with Crippen molar-refractivity contribution < 1.29 is 18.8 Å². The highest BCUT2D eigenvalue weighted by Crippen LogP contribution is 2.27. The molecule has 0 aliphatic heterocycles. The molecule has 0 fully saturated rings. The van der Waals surface area contributed by atoms with Gasteiger partial charge in [-0.3, -0.25) is 9.59 Å². The van der Waals surface area contributed by atoms with Crippen LogP contribution in [0.3, 0.4) is 0 Å². The predicted octanol–water partition coefficient (Wildman–Crippen LogP) is 4.13. The molecule has 4 nitrogen and oxygen atoms in total. The van der Waals surface area contributed by atoms with Gasteiger partial charge < -0.3 is 9.16 Å². The fourth-order valence-electron chi connectivity index (χ4n) is 2.30. The highest BCUT2D eigenvalue weighted by atomic mass is 32.2. The van der Waals surface area contributed by atoms with Crippen molar-refractivity contribution in [3.05, 3.63) is 23.8 Å². The van der Waals surface area contributed by atoms with Gasteiger partial charge in [0.15, 0.2) is 14.1 Å². The zero-order valence-corrected chi connectivity index (χ0v) is 17.1. The van der Waals surface area contributed by atoms with Gasteiger partial charge in [-0.05, 0) is 38.9 Å². The largest absolute Gasteiger partial charge is 0.469 e. The van der Waals surface area contributed by atoms with Gasteiger partial charge in [-0.15, -0.1) is 0 Å². The summed E-state index contributed by atoms with van der Waals surface area (Å²) < 4.78 is 10.4. The van der Waals surface area contributed by atoms with E-state index < -0.39 is 8.32 Å². The van der Waals surface area contributed by atoms with Crippen molar-refractivity contribution in [3.63, 3.8) is 0 Å². The standard InChI is InChI=1S/C18H30O4SSi/c1-21-18(20)10-8-6-5-7-9-15-13-16(14-17(15)19)23-12-11-22-24(2,3)4/h7,9,13,16H,5-6,8,10-12,14H2,1-4H3. The Morgan fingerprint density at radius 2 is 2.12 bits per heavy atom. The van der Waals surface area contributed by atoms with Crippen LogP contribution in [0.5, 0.6) is 0 Å². The summed E-state index contributed by atoms with van der Waals surface area (Å²) in [6.07, 6.45) is 9.72. The third-order valence-corrected chi connectivity index (χ3v) is 5.75. The molecule has 0 saturated heterocycles. The Labute approximate surface area is 151 Å². The maximum atomic E-state index is 12.0. The van der Waals surface area contributed by atoms with Crippen molar-refractivity contribution in [2.75, 3.05) is 19.5 Å². The Hall–Kier alpha value is -0.853. The second kappa shape index (κ2) is 10.9. The van der Waals surface area contributed by atoms with Gasteiger partial charge in [0.1, 0.15) is 0 Å². The Balaban J connectivity index is 2.23. The highest BCUT2D eigenvalue weighted by Gasteiger charge is 2.22. The molecule has 136 valence electrons. The molecule has 0 bridgehead atoms. The first kappa shape index (κ1) is 21.2. The van der Waals surface area contributed by atoms with Crippen LogP contribution in [0.1, 0.15) is 32.1 Å². The number of hydrogen-bond acceptors (Lipinski definition) is 5. The van der Waals surface area contributed by atoms with E-state index in [4.69, 9.17) is 4.43 Å². The minimum absolute atomic E-state index is 0.161. The van der Waals surface area contributed by atoms with Gasteiger partial charge in [0.2, 0.25) is 0 Å². The fraction of sp³-hybridized carbons (Fsp3) is 0.667. The van der Waals surface area contributed by atoms with Crippen LogP contribution in [0.15, 0.2) is 23.8 Å². The Morgan fingerprint density at radius 1 is 1.38 bits per heavy atom. The number of thioether (sulfide) groups is 1. The average molecular weight is 371 g/mol. The fourth-order valence-corrected chi connectivity index (χ4v) is 4.16. The van der Waals surface area contributed by atoms with Gasteiger partial charge >= 0.3 is 5.97 Å². The van der Waals surface area contributed by atoms with Crippen molar-refractivity contribution in [3.8, 4) is 0 Å². The summed E-state index contributed by atoms with van der Waals surface area (Å²) in [4.78, 5) is 23.0. The van der Waals surface area contributed by atoms with E-state index in [1.54, 1.807) is 11.8 Å². The van der Waals surface area contributed by atoms with Crippen LogP contribution in [0.25, 0.3) is 0 Å². The summed E-state index contributed by atoms with van der Waals surface area (Å²) in [7, 11) is -0.0265. The monoisotopic (exact) mass is 370 g/mol. The molecule has 0 aromatic carbocycles. The van der Waals surface area contributed by atoms with Crippen molar-refractivity contribution in [2.45, 2.75) is 57.0 Å². The van der Waals surface area contributed by atoms with E-state index in [0.29, 0.717) is 12.8 Å². The second-order valence-corrected chi connectivity index (χ2v) is 12.7. The average Bonchev–Trinajstić information content (AvgIpc) is 2.86. The molecule has 0 saturated carbocycles. The van der Waals surface area contributed by atoms with E-state index in [0.717, 1.165) is 37.2 Å². The van der Waals surface area contributed by atoms with Gasteiger partial charge in [0.05, 0.1) is 7.11 Å². The molecule has 1 atom stereocenters. The van der Waals surface area contributed by atoms with E-state index in [1.807, 2.05) is 12.2 Å². The predicted molar refractivity (Wildman–Crippen MR) is 103 cm³/mol. The molecule has 0 heterocycles. The van der Waals surface area contributed by atoms with Crippen molar-refractivity contribution >= 4 is 31.8 Å². The minimum atomic E-state index is -1.44. The van der Waals surface area contributed by atoms with Crippen LogP contribution in [-0.4, -0.2) is 44.8 Å². The number of Topliss-reactive ketones (excluding diaryl/α,β-unsaturated/α-hetero) is 1. The first-order valence-electron chi connectivity index (χ1n) is 8.56. The van der Waals surface area contributed by atoms with Crippen LogP contribution < -0.4 is 0 Å². The van der Waals surface area contributed by atoms with Gasteiger partial charge in [-0.2, -0.15) is 11.8 Å². The van der Waals surface area contributed by atoms with E-state index in [9.17, 15) is 9.59 Å². The van der Waals surface area contributed by atoms with E-state index in [1.165, 1.54) is 7.11 Å². The maximum Gasteiger partial charge on any atom is 0.305 e. The molecule has 0 N–H and O–H groups in total. The Bertz CT molecular complexity index is 480. The number of carbonyl (C=O) groups is 2. The first-order chi connectivity index (χ1) is 11.3. The van der Waals surface area contributed by atoms with E-state index in [2.05, 4.69) is 30.5 Å². The Morgan fingerprint density at radius 3 is 2.79 bits per heavy atom. The summed E-state index contributed by atoms with van der Waals surface area (Å²) in [5, 5.41) is 0.279. The number of carbonyl (C=O) groups excluding carboxylic acids is 2. The smallest absolute Gasteiger partial charge is 0.305 e. The first-order valence-corrected chi connectivity index (χ1v) is 13.0. The summed E-state index contributed by atoms with van der Waals surface area (Å²) >= 11 is 1.80. The molecule has 1 unspecified atom stereocenters. The number of unbranched alkanes of at least 4 members (excludes halogenated alkanes) is 2. The quantitative estimate of drug-likeness (QED) is 0.311. The summed E-state index contributed by atoms with van der Waals surface area (Å²) in [6.45, 7) is 7.32. The summed E-state index contributed by atoms with van der Waals surface area (Å²) in [5.41, 5.74) is 0.826. The molecule has 0 aromatic heterocycles. The van der Waals surface area contributed by atoms with Gasteiger partial charge in [0, 0.05) is 36.0 Å². The number of methoxy groups -OCH3 is 1. The lowest BCUT2D eigenvalue weighted by Gasteiger charge is -2.17. The summed E-state index contributed by atoms with van der Waals surface area (Å²) in [6, 6.07) is 0. The molecule has 1 rings (SSSR count). The van der Waals surface area contributed by atoms with Crippen LogP contribution >= 0.6 is 11.8 Å². The zero-order chi connectivity index (χ0) is 18.0. The minimum Gasteiger partial charge on any atom is -0.469 e. The lowest BCUT2D eigenvalue weighted by atomic mass is 10.1. The van der Waals surface area contributed by atoms with Gasteiger partial charge in [-0.1, -0.05) is 18.2 Å². The molecule has 0 spiro atoms. The van der Waals surface area contributed by atoms with Gasteiger partial charge in [0.25, 0.3) is 0 Å². The molecular formula is C18H30O4SSi. The molecule has 0 radical (unpaired) electrons. The molecule has 0 amide bonds. The van der Waals surface area contributed by atoms with Crippen molar-refractivity contribution in [1.82, 2.24) is 0 Å². The molecule has 0 aromatic rings. The topological polar surface area (TPSA) is 52.6 Å². The molecule has 1 aliphatic carbocycles. The third-order valence-electron chi connectivity index (χ3n) is 3.55. The van der Waals surface area contributed by atoms with Crippen molar-refractivity contribution in [1.29, 1.82) is 0 Å². The lowest BCUT2D eigenvalue weighted by molar-refractivity contribution is -0.140. The summed E-state index contributed by atoms with van der Waals surface area (Å²) in [5.74, 6) is 0.999. The lowest BCUT2D eigenvalue weighted by Crippen LogP contribution is -2.26. The number of ether oxygens (including phenoxy) is 1. The second-order valence-electron chi connectivity index (χ2n) is 6.84. The van der Waals surface area contributed by atoms with E-state index in [-0.39, 0.29) is 17.0 Å². The van der Waals surface area contributed by atoms with Crippen LogP contribution in [0.4, 0.5) is 0 Å². The number of hydrogen-bond donors (Lipinski definition) is 0. The highest BCUT2D eigenvalue weighted by molar-refractivity contribution is 8.00. The third kappa shape index (κ3) is 9.44. The Kier molecular flexibility index (Phi) is 9.62. The van der Waals surface area contributed by atoms with Crippen LogP contribution in [-0.2, 0) is 18.8 Å². The SMILES string of the molecule is COC(=O)CCCCC=CC1=CC(SCCO[Si](C)(C)C)CC1=O. The van der Waals surface area contributed by atoms with E-state index >= 15 is 0 Å². The normalized spacial score (nSPS) is 18.2. The number of rotatable bonds is 11. The number of ketones is 1. The van der Waals surface area contributed by atoms with Crippen LogP contribution in [0.2, 0.25) is 19.6 Å². The maximum absolute atomic E-state index is 12.0. The number of allylic oxidation sites excluding steroid dienone is 3. The molecular weight excluding hydrogens is 340 g/mol. The van der Waals surface area contributed by atoms with Gasteiger partial charge in [-0.25, -0.2) is 0 Å². The molecule has 24 heavy (non-hydrogen) atoms.